The number of amides is 1. The van der Waals surface area contributed by atoms with Crippen LogP contribution in [0, 0.1) is 17.6 Å². The molecule has 1 saturated heterocycles. The molecular weight excluding hydrogens is 312 g/mol. The number of halogens is 3. The molecule has 4 nitrogen and oxygen atoms in total. The smallest absolute Gasteiger partial charge is 0.238 e. The molecule has 2 unspecified atom stereocenters. The average molecular weight is 334 g/mol. The van der Waals surface area contributed by atoms with Crippen LogP contribution in [-0.4, -0.2) is 36.5 Å². The van der Waals surface area contributed by atoms with Gasteiger partial charge in [-0.1, -0.05) is 6.92 Å². The highest BCUT2D eigenvalue weighted by Crippen LogP contribution is 2.22. The fourth-order valence-corrected chi connectivity index (χ4v) is 2.72. The second-order valence-electron chi connectivity index (χ2n) is 5.66. The third-order valence-corrected chi connectivity index (χ3v) is 3.92. The summed E-state index contributed by atoms with van der Waals surface area (Å²) in [4.78, 5) is 14.0. The van der Waals surface area contributed by atoms with Gasteiger partial charge in [0.05, 0.1) is 12.2 Å². The third-order valence-electron chi connectivity index (χ3n) is 3.92. The molecule has 0 saturated carbocycles. The Bertz CT molecular complexity index is 516. The molecule has 0 bridgehead atoms. The number of hydrogen-bond acceptors (Lipinski definition) is 3. The van der Waals surface area contributed by atoms with Gasteiger partial charge in [0.15, 0.2) is 0 Å². The van der Waals surface area contributed by atoms with Crippen molar-refractivity contribution in [1.29, 1.82) is 0 Å². The predicted octanol–water partition coefficient (Wildman–Crippen LogP) is 2.38. The minimum absolute atomic E-state index is 0. The quantitative estimate of drug-likeness (QED) is 0.889. The van der Waals surface area contributed by atoms with Crippen LogP contribution >= 0.6 is 12.4 Å². The van der Waals surface area contributed by atoms with Crippen LogP contribution in [0.4, 0.5) is 14.5 Å². The molecule has 1 heterocycles. The van der Waals surface area contributed by atoms with Gasteiger partial charge in [-0.3, -0.25) is 9.69 Å². The van der Waals surface area contributed by atoms with E-state index in [9.17, 15) is 13.6 Å². The Hall–Kier alpha value is -1.24. The molecular formula is C15H22ClF2N3O. The minimum Gasteiger partial charge on any atom is -0.329 e. The van der Waals surface area contributed by atoms with E-state index in [0.29, 0.717) is 12.5 Å². The van der Waals surface area contributed by atoms with Crippen LogP contribution in [0.2, 0.25) is 0 Å². The average Bonchev–Trinajstić information content (AvgIpc) is 2.44. The van der Waals surface area contributed by atoms with Crippen molar-refractivity contribution in [2.75, 3.05) is 25.0 Å². The Morgan fingerprint density at radius 3 is 2.82 bits per heavy atom. The molecule has 0 aliphatic carbocycles. The summed E-state index contributed by atoms with van der Waals surface area (Å²) in [6, 6.07) is 3.27. The highest BCUT2D eigenvalue weighted by atomic mass is 35.5. The first-order valence-electron chi connectivity index (χ1n) is 7.18. The monoisotopic (exact) mass is 333 g/mol. The fraction of sp³-hybridized carbons (Fsp3) is 0.533. The molecule has 1 aliphatic rings. The number of nitrogens with one attached hydrogen (secondary N) is 1. The molecule has 22 heavy (non-hydrogen) atoms. The van der Waals surface area contributed by atoms with Crippen LogP contribution < -0.4 is 11.1 Å². The number of benzene rings is 1. The first kappa shape index (κ1) is 18.8. The van der Waals surface area contributed by atoms with Gasteiger partial charge in [0.2, 0.25) is 5.91 Å². The van der Waals surface area contributed by atoms with Crippen molar-refractivity contribution in [3.8, 4) is 0 Å². The van der Waals surface area contributed by atoms with E-state index in [1.165, 1.54) is 6.07 Å². The van der Waals surface area contributed by atoms with Crippen molar-refractivity contribution in [2.45, 2.75) is 25.8 Å². The molecule has 2 atom stereocenters. The zero-order valence-corrected chi connectivity index (χ0v) is 13.3. The van der Waals surface area contributed by atoms with Gasteiger partial charge in [-0.2, -0.15) is 0 Å². The van der Waals surface area contributed by atoms with Crippen LogP contribution in [0.3, 0.4) is 0 Å². The van der Waals surface area contributed by atoms with Gasteiger partial charge in [-0.05, 0) is 37.4 Å². The molecule has 3 N–H and O–H groups in total. The topological polar surface area (TPSA) is 58.4 Å². The number of rotatable bonds is 4. The van der Waals surface area contributed by atoms with E-state index in [0.717, 1.165) is 31.5 Å². The first-order chi connectivity index (χ1) is 9.99. The van der Waals surface area contributed by atoms with Gasteiger partial charge in [-0.15, -0.1) is 12.4 Å². The fourth-order valence-electron chi connectivity index (χ4n) is 2.72. The van der Waals surface area contributed by atoms with Crippen molar-refractivity contribution in [2.24, 2.45) is 11.7 Å². The molecule has 0 radical (unpaired) electrons. The Morgan fingerprint density at radius 1 is 1.45 bits per heavy atom. The molecule has 0 spiro atoms. The number of carbonyl (C=O) groups is 1. The molecule has 1 aromatic rings. The number of anilines is 1. The molecule has 1 fully saturated rings. The van der Waals surface area contributed by atoms with E-state index >= 15 is 0 Å². The molecule has 2 rings (SSSR count). The number of carbonyl (C=O) groups excluding carboxylic acids is 1. The molecule has 7 heteroatoms. The van der Waals surface area contributed by atoms with Crippen LogP contribution in [0.5, 0.6) is 0 Å². The third kappa shape index (κ3) is 4.90. The maximum Gasteiger partial charge on any atom is 0.238 e. The van der Waals surface area contributed by atoms with Crippen molar-refractivity contribution in [1.82, 2.24) is 4.90 Å². The second kappa shape index (κ2) is 8.41. The number of nitrogens with two attached hydrogens (primary N) is 1. The van der Waals surface area contributed by atoms with Gasteiger partial charge in [0.1, 0.15) is 11.6 Å². The van der Waals surface area contributed by atoms with Crippen molar-refractivity contribution >= 4 is 24.0 Å². The lowest BCUT2D eigenvalue weighted by Gasteiger charge is -2.37. The lowest BCUT2D eigenvalue weighted by molar-refractivity contribution is -0.118. The lowest BCUT2D eigenvalue weighted by atomic mass is 9.92. The Balaban J connectivity index is 0.00000242. The highest BCUT2D eigenvalue weighted by Gasteiger charge is 2.26. The van der Waals surface area contributed by atoms with E-state index < -0.39 is 11.6 Å². The molecule has 1 aromatic carbocycles. The van der Waals surface area contributed by atoms with Gasteiger partial charge >= 0.3 is 0 Å². The number of hydrogen-bond donors (Lipinski definition) is 2. The van der Waals surface area contributed by atoms with Gasteiger partial charge < -0.3 is 11.1 Å². The summed E-state index contributed by atoms with van der Waals surface area (Å²) in [5.74, 6) is -1.15. The van der Waals surface area contributed by atoms with Crippen LogP contribution in [-0.2, 0) is 4.79 Å². The standard InChI is InChI=1S/C15H21F2N3O.ClH/c1-10-4-5-20(12(6-10)8-18)9-15(21)19-14-3-2-11(16)7-13(14)17;/h2-3,7,10,12H,4-6,8-9,18H2,1H3,(H,19,21);1H. The maximum atomic E-state index is 13.5. The van der Waals surface area contributed by atoms with Crippen LogP contribution in [0.1, 0.15) is 19.8 Å². The molecule has 1 amide bonds. The Morgan fingerprint density at radius 2 is 2.18 bits per heavy atom. The number of piperidine rings is 1. The summed E-state index contributed by atoms with van der Waals surface area (Å²) in [5.41, 5.74) is 5.75. The van der Waals surface area contributed by atoms with Crippen molar-refractivity contribution in [3.05, 3.63) is 29.8 Å². The zero-order chi connectivity index (χ0) is 15.4. The molecule has 124 valence electrons. The minimum atomic E-state index is -0.772. The van der Waals surface area contributed by atoms with Gasteiger partial charge in [0, 0.05) is 18.7 Å². The van der Waals surface area contributed by atoms with Gasteiger partial charge in [-0.25, -0.2) is 8.78 Å². The Labute approximate surface area is 135 Å². The maximum absolute atomic E-state index is 13.5. The van der Waals surface area contributed by atoms with Crippen LogP contribution in [0.25, 0.3) is 0 Å². The predicted molar refractivity (Wildman–Crippen MR) is 85.0 cm³/mol. The summed E-state index contributed by atoms with van der Waals surface area (Å²) in [6.07, 6.45) is 1.99. The largest absolute Gasteiger partial charge is 0.329 e. The summed E-state index contributed by atoms with van der Waals surface area (Å²) in [5, 5.41) is 2.48. The van der Waals surface area contributed by atoms with Crippen molar-refractivity contribution in [3.63, 3.8) is 0 Å². The van der Waals surface area contributed by atoms with E-state index in [2.05, 4.69) is 12.2 Å². The van der Waals surface area contributed by atoms with E-state index in [4.69, 9.17) is 5.73 Å². The highest BCUT2D eigenvalue weighted by molar-refractivity contribution is 5.92. The zero-order valence-electron chi connectivity index (χ0n) is 12.5. The van der Waals surface area contributed by atoms with E-state index in [1.54, 1.807) is 0 Å². The van der Waals surface area contributed by atoms with Gasteiger partial charge in [0.25, 0.3) is 0 Å². The molecule has 0 aromatic heterocycles. The number of nitrogens with zero attached hydrogens (tertiary/aromatic N) is 1. The van der Waals surface area contributed by atoms with E-state index in [1.807, 2.05) is 4.90 Å². The Kier molecular flexibility index (Phi) is 7.19. The number of likely N-dealkylation sites (tertiary alicyclic amines) is 1. The summed E-state index contributed by atoms with van der Waals surface area (Å²) < 4.78 is 26.3. The van der Waals surface area contributed by atoms with E-state index in [-0.39, 0.29) is 36.6 Å². The molecule has 1 aliphatic heterocycles. The summed E-state index contributed by atoms with van der Waals surface area (Å²) >= 11 is 0. The second-order valence-corrected chi connectivity index (χ2v) is 5.66. The first-order valence-corrected chi connectivity index (χ1v) is 7.18. The SMILES string of the molecule is CC1CCN(CC(=O)Nc2ccc(F)cc2F)C(CN)C1.Cl. The lowest BCUT2D eigenvalue weighted by Crippen LogP contribution is -2.49. The van der Waals surface area contributed by atoms with Crippen LogP contribution in [0.15, 0.2) is 18.2 Å². The van der Waals surface area contributed by atoms with Crippen molar-refractivity contribution < 1.29 is 13.6 Å². The summed E-state index contributed by atoms with van der Waals surface area (Å²) in [7, 11) is 0. The normalized spacial score (nSPS) is 22.0. The summed E-state index contributed by atoms with van der Waals surface area (Å²) in [6.45, 7) is 3.66.